The molecule has 0 radical (unpaired) electrons. The lowest BCUT2D eigenvalue weighted by molar-refractivity contribution is 0.793. The van der Waals surface area contributed by atoms with E-state index in [9.17, 15) is 0 Å². The van der Waals surface area contributed by atoms with Crippen molar-refractivity contribution in [2.75, 3.05) is 18.4 Å². The van der Waals surface area contributed by atoms with Crippen molar-refractivity contribution in [1.82, 2.24) is 20.1 Å². The van der Waals surface area contributed by atoms with Crippen molar-refractivity contribution in [2.24, 2.45) is 7.05 Å². The van der Waals surface area contributed by atoms with E-state index in [2.05, 4.69) is 45.1 Å². The number of benzene rings is 1. The minimum Gasteiger partial charge on any atom is -0.381 e. The zero-order valence-corrected chi connectivity index (χ0v) is 10.4. The maximum absolute atomic E-state index is 4.10. The molecule has 2 aromatic rings. The molecule has 1 atom stereocenters. The quantitative estimate of drug-likeness (QED) is 0.852. The molecule has 3 rings (SSSR count). The lowest BCUT2D eigenvalue weighted by Gasteiger charge is -2.13. The molecule has 18 heavy (non-hydrogen) atoms. The topological polar surface area (TPSA) is 54.8 Å². The minimum atomic E-state index is 0.547. The Labute approximate surface area is 106 Å². The molecule has 1 aliphatic heterocycles. The van der Waals surface area contributed by atoms with Gasteiger partial charge >= 0.3 is 0 Å². The van der Waals surface area contributed by atoms with E-state index >= 15 is 0 Å². The second-order valence-electron chi connectivity index (χ2n) is 4.68. The number of nitrogens with one attached hydrogen (secondary N) is 2. The van der Waals surface area contributed by atoms with E-state index in [-0.39, 0.29) is 0 Å². The van der Waals surface area contributed by atoms with Crippen molar-refractivity contribution in [1.29, 1.82) is 0 Å². The molecule has 94 valence electrons. The van der Waals surface area contributed by atoms with Crippen LogP contribution in [0.1, 0.15) is 6.42 Å². The number of hydrogen-bond acceptors (Lipinski definition) is 4. The molecular weight excluding hydrogens is 226 g/mol. The fourth-order valence-electron chi connectivity index (χ4n) is 2.27. The van der Waals surface area contributed by atoms with Gasteiger partial charge in [-0.3, -0.25) is 0 Å². The fraction of sp³-hybridized carbons (Fsp3) is 0.385. The molecule has 2 heterocycles. The summed E-state index contributed by atoms with van der Waals surface area (Å²) in [5.74, 6) is 0.893. The first-order valence-corrected chi connectivity index (χ1v) is 6.24. The Bertz CT molecular complexity index is 510. The fourth-order valence-corrected chi connectivity index (χ4v) is 2.27. The van der Waals surface area contributed by atoms with Gasteiger partial charge in [-0.1, -0.05) is 0 Å². The number of nitrogens with zero attached hydrogens (tertiary/aromatic N) is 3. The van der Waals surface area contributed by atoms with Gasteiger partial charge in [0.2, 0.25) is 0 Å². The van der Waals surface area contributed by atoms with Crippen molar-refractivity contribution in [3.05, 3.63) is 30.6 Å². The van der Waals surface area contributed by atoms with Crippen LogP contribution in [-0.2, 0) is 7.05 Å². The van der Waals surface area contributed by atoms with Crippen LogP contribution in [0.15, 0.2) is 30.6 Å². The minimum absolute atomic E-state index is 0.547. The van der Waals surface area contributed by atoms with Gasteiger partial charge in [-0.05, 0) is 37.2 Å². The molecular formula is C13H17N5. The highest BCUT2D eigenvalue weighted by atomic mass is 15.2. The third kappa shape index (κ3) is 2.22. The highest BCUT2D eigenvalue weighted by Gasteiger charge is 2.13. The van der Waals surface area contributed by atoms with Crippen LogP contribution in [0, 0.1) is 0 Å². The van der Waals surface area contributed by atoms with E-state index in [0.29, 0.717) is 6.04 Å². The molecule has 5 heteroatoms. The van der Waals surface area contributed by atoms with Crippen molar-refractivity contribution in [3.63, 3.8) is 0 Å². The van der Waals surface area contributed by atoms with Crippen LogP contribution in [0.4, 0.5) is 5.69 Å². The molecule has 0 aliphatic carbocycles. The molecule has 1 aromatic heterocycles. The SMILES string of the molecule is Cn1cnnc1-c1ccc(NC2CCNC2)cc1. The van der Waals surface area contributed by atoms with Gasteiger partial charge in [-0.25, -0.2) is 0 Å². The van der Waals surface area contributed by atoms with Crippen LogP contribution in [0.3, 0.4) is 0 Å². The van der Waals surface area contributed by atoms with Crippen molar-refractivity contribution in [2.45, 2.75) is 12.5 Å². The summed E-state index contributed by atoms with van der Waals surface area (Å²) in [4.78, 5) is 0. The Morgan fingerprint density at radius 3 is 2.78 bits per heavy atom. The summed E-state index contributed by atoms with van der Waals surface area (Å²) in [7, 11) is 1.95. The average Bonchev–Trinajstić information content (AvgIpc) is 3.02. The van der Waals surface area contributed by atoms with Gasteiger partial charge in [0.25, 0.3) is 0 Å². The van der Waals surface area contributed by atoms with Gasteiger partial charge in [0.1, 0.15) is 6.33 Å². The lowest BCUT2D eigenvalue weighted by atomic mass is 10.1. The van der Waals surface area contributed by atoms with E-state index in [1.165, 1.54) is 6.42 Å². The van der Waals surface area contributed by atoms with Crippen LogP contribution >= 0.6 is 0 Å². The number of aromatic nitrogens is 3. The zero-order valence-electron chi connectivity index (χ0n) is 10.4. The largest absolute Gasteiger partial charge is 0.381 e. The standard InChI is InChI=1S/C13H17N5/c1-18-9-15-17-13(18)10-2-4-11(5-3-10)16-12-6-7-14-8-12/h2-5,9,12,14,16H,6-8H2,1H3. The maximum atomic E-state index is 4.10. The molecule has 1 aliphatic rings. The zero-order chi connectivity index (χ0) is 12.4. The third-order valence-corrected chi connectivity index (χ3v) is 3.29. The van der Waals surface area contributed by atoms with Crippen LogP contribution in [-0.4, -0.2) is 33.9 Å². The van der Waals surface area contributed by atoms with Gasteiger partial charge < -0.3 is 15.2 Å². The van der Waals surface area contributed by atoms with Gasteiger partial charge in [0.05, 0.1) is 0 Å². The van der Waals surface area contributed by atoms with Crippen molar-refractivity contribution in [3.8, 4) is 11.4 Å². The second kappa shape index (κ2) is 4.78. The number of rotatable bonds is 3. The van der Waals surface area contributed by atoms with Crippen molar-refractivity contribution < 1.29 is 0 Å². The highest BCUT2D eigenvalue weighted by Crippen LogP contribution is 2.19. The molecule has 0 bridgehead atoms. The van der Waals surface area contributed by atoms with E-state index < -0.39 is 0 Å². The summed E-state index contributed by atoms with van der Waals surface area (Å²) < 4.78 is 1.92. The first kappa shape index (κ1) is 11.2. The van der Waals surface area contributed by atoms with Gasteiger partial charge in [0.15, 0.2) is 5.82 Å². The van der Waals surface area contributed by atoms with E-state index in [4.69, 9.17) is 0 Å². The molecule has 1 fully saturated rings. The summed E-state index contributed by atoms with van der Waals surface area (Å²) in [5, 5.41) is 14.9. The Kier molecular flexibility index (Phi) is 2.98. The van der Waals surface area contributed by atoms with E-state index in [1.54, 1.807) is 6.33 Å². The van der Waals surface area contributed by atoms with E-state index in [1.807, 2.05) is 11.6 Å². The number of hydrogen-bond donors (Lipinski definition) is 2. The Hall–Kier alpha value is -1.88. The molecule has 1 saturated heterocycles. The molecule has 0 amide bonds. The predicted molar refractivity (Wildman–Crippen MR) is 71.3 cm³/mol. The predicted octanol–water partition coefficient (Wildman–Crippen LogP) is 1.26. The third-order valence-electron chi connectivity index (χ3n) is 3.29. The van der Waals surface area contributed by atoms with Crippen LogP contribution in [0.5, 0.6) is 0 Å². The molecule has 2 N–H and O–H groups in total. The van der Waals surface area contributed by atoms with Gasteiger partial charge in [0, 0.05) is 30.9 Å². The smallest absolute Gasteiger partial charge is 0.163 e. The normalized spacial score (nSPS) is 19.1. The number of aryl methyl sites for hydroxylation is 1. The molecule has 0 spiro atoms. The Morgan fingerprint density at radius 1 is 1.33 bits per heavy atom. The molecule has 5 nitrogen and oxygen atoms in total. The van der Waals surface area contributed by atoms with Crippen LogP contribution in [0.25, 0.3) is 11.4 Å². The first-order valence-electron chi connectivity index (χ1n) is 6.24. The molecule has 1 unspecified atom stereocenters. The lowest BCUT2D eigenvalue weighted by Crippen LogP contribution is -2.21. The molecule has 1 aromatic carbocycles. The Morgan fingerprint density at radius 2 is 2.17 bits per heavy atom. The van der Waals surface area contributed by atoms with Crippen molar-refractivity contribution >= 4 is 5.69 Å². The summed E-state index contributed by atoms with van der Waals surface area (Å²) >= 11 is 0. The number of anilines is 1. The summed E-state index contributed by atoms with van der Waals surface area (Å²) in [5.41, 5.74) is 2.25. The van der Waals surface area contributed by atoms with E-state index in [0.717, 1.165) is 30.2 Å². The highest BCUT2D eigenvalue weighted by molar-refractivity contribution is 5.60. The summed E-state index contributed by atoms with van der Waals surface area (Å²) in [6.07, 6.45) is 2.90. The monoisotopic (exact) mass is 243 g/mol. The summed E-state index contributed by atoms with van der Waals surface area (Å²) in [6.45, 7) is 2.15. The molecule has 0 saturated carbocycles. The van der Waals surface area contributed by atoms with Crippen LogP contribution in [0.2, 0.25) is 0 Å². The second-order valence-corrected chi connectivity index (χ2v) is 4.68. The Balaban J connectivity index is 1.74. The average molecular weight is 243 g/mol. The van der Waals surface area contributed by atoms with Gasteiger partial charge in [-0.2, -0.15) is 0 Å². The van der Waals surface area contributed by atoms with Crippen LogP contribution < -0.4 is 10.6 Å². The first-order chi connectivity index (χ1) is 8.83. The summed E-state index contributed by atoms with van der Waals surface area (Å²) in [6, 6.07) is 8.90. The maximum Gasteiger partial charge on any atom is 0.163 e. The van der Waals surface area contributed by atoms with Gasteiger partial charge in [-0.15, -0.1) is 10.2 Å².